The molecule has 2 aromatic heterocycles. The van der Waals surface area contributed by atoms with Crippen LogP contribution in [0.2, 0.25) is 5.02 Å². The van der Waals surface area contributed by atoms with Gasteiger partial charge in [0.15, 0.2) is 5.13 Å². The molecule has 4 aromatic rings. The number of halogens is 1. The number of hydrogen-bond donors (Lipinski definition) is 5. The molecule has 266 valence electrons. The van der Waals surface area contributed by atoms with Crippen molar-refractivity contribution in [3.05, 3.63) is 91.3 Å². The molecule has 11 nitrogen and oxygen atoms in total. The van der Waals surface area contributed by atoms with Crippen molar-refractivity contribution in [2.45, 2.75) is 72.8 Å². The Bertz CT molecular complexity index is 2000. The molecule has 0 bridgehead atoms. The average molecular weight is 745 g/mol. The van der Waals surface area contributed by atoms with E-state index in [4.69, 9.17) is 27.4 Å². The molecular weight excluding hydrogens is 704 g/mol. The second-order valence-electron chi connectivity index (χ2n) is 12.3. The van der Waals surface area contributed by atoms with Crippen LogP contribution < -0.4 is 20.9 Å². The van der Waals surface area contributed by atoms with Gasteiger partial charge in [-0.2, -0.15) is 0 Å². The van der Waals surface area contributed by atoms with Crippen molar-refractivity contribution in [2.75, 3.05) is 22.1 Å². The number of aromatic nitrogens is 1. The first-order valence-corrected chi connectivity index (χ1v) is 18.6. The summed E-state index contributed by atoms with van der Waals surface area (Å²) in [6.07, 6.45) is 2.18. The number of unbranched alkanes of at least 4 members (excludes halogenated alkanes) is 2. The number of fused-ring (bicyclic) bond motifs is 1. The minimum Gasteiger partial charge on any atom is -0.356 e. The van der Waals surface area contributed by atoms with E-state index in [-0.39, 0.29) is 42.2 Å². The average Bonchev–Trinajstić information content (AvgIpc) is 3.51. The molecule has 0 radical (unpaired) electrons. The van der Waals surface area contributed by atoms with E-state index in [9.17, 15) is 14.4 Å². The molecule has 3 amide bonds. The maximum absolute atomic E-state index is 13.2. The molecule has 0 saturated carbocycles. The maximum Gasteiger partial charge on any atom is 0.259 e. The second kappa shape index (κ2) is 16.5. The first-order chi connectivity index (χ1) is 24.3. The number of rotatable bonds is 12. The molecule has 0 saturated heterocycles. The van der Waals surface area contributed by atoms with E-state index in [2.05, 4.69) is 20.9 Å². The number of benzene rings is 2. The molecule has 3 heterocycles. The number of amides is 3. The molecule has 5 N–H and O–H groups in total. The van der Waals surface area contributed by atoms with Crippen LogP contribution in [0.4, 0.5) is 15.8 Å². The molecule has 0 fully saturated rings. The second-order valence-corrected chi connectivity index (χ2v) is 15.2. The lowest BCUT2D eigenvalue weighted by Gasteiger charge is -2.24. The highest BCUT2D eigenvalue weighted by Gasteiger charge is 2.34. The van der Waals surface area contributed by atoms with Crippen LogP contribution in [0.5, 0.6) is 0 Å². The monoisotopic (exact) mass is 744 g/mol. The maximum atomic E-state index is 13.2. The third-order valence-electron chi connectivity index (χ3n) is 8.58. The number of thiazole rings is 1. The Kier molecular flexibility index (Phi) is 12.2. The third-order valence-corrected chi connectivity index (χ3v) is 11.0. The largest absolute Gasteiger partial charge is 0.356 e. The summed E-state index contributed by atoms with van der Waals surface area (Å²) < 4.78 is 0. The minimum atomic E-state index is -0.807. The number of aliphatic imine (C=N–C) groups is 1. The highest BCUT2D eigenvalue weighted by Crippen LogP contribution is 2.40. The summed E-state index contributed by atoms with van der Waals surface area (Å²) in [5.74, 6) is -0.547. The zero-order valence-electron chi connectivity index (χ0n) is 29.2. The Morgan fingerprint density at radius 2 is 1.65 bits per heavy atom. The molecule has 14 heteroatoms. The van der Waals surface area contributed by atoms with E-state index in [0.717, 1.165) is 37.1 Å². The Hall–Kier alpha value is -4.72. The van der Waals surface area contributed by atoms with E-state index >= 15 is 0 Å². The number of thiophene rings is 1. The van der Waals surface area contributed by atoms with Gasteiger partial charge in [-0.3, -0.25) is 40.4 Å². The number of aryl methyl sites for hydroxylation is 3. The lowest BCUT2D eigenvalue weighted by atomic mass is 9.99. The molecule has 0 aliphatic carbocycles. The molecule has 1 atom stereocenters. The van der Waals surface area contributed by atoms with Gasteiger partial charge in [0.1, 0.15) is 22.7 Å². The summed E-state index contributed by atoms with van der Waals surface area (Å²) >= 11 is 9.09. The van der Waals surface area contributed by atoms with Crippen molar-refractivity contribution in [2.24, 2.45) is 4.99 Å². The summed E-state index contributed by atoms with van der Waals surface area (Å²) in [7, 11) is 0. The van der Waals surface area contributed by atoms with Crippen LogP contribution in [0, 0.1) is 38.5 Å². The third kappa shape index (κ3) is 8.96. The van der Waals surface area contributed by atoms with Crippen LogP contribution in [0.3, 0.4) is 0 Å². The summed E-state index contributed by atoms with van der Waals surface area (Å²) in [5, 5.41) is 28.1. The number of carbonyl (C=O) groups excluding carboxylic acids is 3. The van der Waals surface area contributed by atoms with Gasteiger partial charge >= 0.3 is 0 Å². The highest BCUT2D eigenvalue weighted by molar-refractivity contribution is 7.17. The number of anilines is 3. The fourth-order valence-corrected chi connectivity index (χ4v) is 7.80. The SMILES string of the molecule is CC(=N)N1C(=N)[C@H](CC(=O)NCCCCCC(=O)Nc2ccccc2C(=O)Nc2nc(C)c(C)s2)N=C(c2ccc(Cl)cc2)c2c1sc(C)c2C. The predicted molar refractivity (Wildman–Crippen MR) is 209 cm³/mol. The fraction of sp³-hybridized carbons (Fsp3) is 0.324. The van der Waals surface area contributed by atoms with Crippen molar-refractivity contribution in [1.29, 1.82) is 10.8 Å². The smallest absolute Gasteiger partial charge is 0.259 e. The van der Waals surface area contributed by atoms with Crippen LogP contribution in [-0.2, 0) is 9.59 Å². The zero-order valence-corrected chi connectivity index (χ0v) is 31.6. The zero-order chi connectivity index (χ0) is 36.8. The molecule has 1 aliphatic rings. The summed E-state index contributed by atoms with van der Waals surface area (Å²) in [6, 6.07) is 13.4. The first kappa shape index (κ1) is 37.5. The van der Waals surface area contributed by atoms with Crippen molar-refractivity contribution in [3.8, 4) is 0 Å². The number of carbonyl (C=O) groups is 3. The Morgan fingerprint density at radius 3 is 2.33 bits per heavy atom. The predicted octanol–water partition coefficient (Wildman–Crippen LogP) is 8.05. The van der Waals surface area contributed by atoms with E-state index in [1.807, 2.05) is 39.8 Å². The molecule has 0 spiro atoms. The highest BCUT2D eigenvalue weighted by atomic mass is 35.5. The van der Waals surface area contributed by atoms with Crippen LogP contribution in [0.15, 0.2) is 53.5 Å². The van der Waals surface area contributed by atoms with Gasteiger partial charge < -0.3 is 10.6 Å². The molecule has 2 aromatic carbocycles. The van der Waals surface area contributed by atoms with Gasteiger partial charge in [-0.1, -0.05) is 42.3 Å². The minimum absolute atomic E-state index is 0.0518. The molecule has 5 rings (SSSR count). The quantitative estimate of drug-likeness (QED) is 0.0562. The van der Waals surface area contributed by atoms with Gasteiger partial charge in [0, 0.05) is 38.9 Å². The van der Waals surface area contributed by atoms with Crippen LogP contribution in [-0.4, -0.2) is 52.7 Å². The van der Waals surface area contributed by atoms with Crippen LogP contribution in [0.25, 0.3) is 0 Å². The van der Waals surface area contributed by atoms with Crippen molar-refractivity contribution in [1.82, 2.24) is 10.3 Å². The Balaban J connectivity index is 1.14. The van der Waals surface area contributed by atoms with Crippen molar-refractivity contribution >= 4 is 85.2 Å². The van der Waals surface area contributed by atoms with Gasteiger partial charge in [0.05, 0.1) is 29.1 Å². The number of nitrogens with one attached hydrogen (secondary N) is 5. The number of amidine groups is 2. The van der Waals surface area contributed by atoms with E-state index in [1.54, 1.807) is 48.2 Å². The topological polar surface area (TPSA) is 163 Å². The van der Waals surface area contributed by atoms with Crippen LogP contribution in [0.1, 0.15) is 81.5 Å². The van der Waals surface area contributed by atoms with E-state index in [1.165, 1.54) is 22.7 Å². The number of hydrogen-bond acceptors (Lipinski definition) is 9. The lowest BCUT2D eigenvalue weighted by molar-refractivity contribution is -0.121. The molecule has 0 unspecified atom stereocenters. The van der Waals surface area contributed by atoms with Gasteiger partial charge in [-0.15, -0.1) is 22.7 Å². The fourth-order valence-electron chi connectivity index (χ4n) is 5.64. The van der Waals surface area contributed by atoms with Gasteiger partial charge in [-0.05, 0) is 77.3 Å². The molecule has 1 aliphatic heterocycles. The van der Waals surface area contributed by atoms with Gasteiger partial charge in [-0.25, -0.2) is 4.98 Å². The van der Waals surface area contributed by atoms with Crippen molar-refractivity contribution < 1.29 is 14.4 Å². The number of para-hydroxylation sites is 1. The van der Waals surface area contributed by atoms with E-state index in [0.29, 0.717) is 52.9 Å². The number of nitrogens with zero attached hydrogens (tertiary/aromatic N) is 3. The molecular formula is C37H41ClN8O3S2. The molecule has 51 heavy (non-hydrogen) atoms. The van der Waals surface area contributed by atoms with Crippen LogP contribution >= 0.6 is 34.3 Å². The summed E-state index contributed by atoms with van der Waals surface area (Å²) in [5.41, 5.74) is 5.01. The van der Waals surface area contributed by atoms with Crippen molar-refractivity contribution in [3.63, 3.8) is 0 Å². The summed E-state index contributed by atoms with van der Waals surface area (Å²) in [4.78, 5) is 51.9. The van der Waals surface area contributed by atoms with Gasteiger partial charge in [0.25, 0.3) is 5.91 Å². The Morgan fingerprint density at radius 1 is 0.922 bits per heavy atom. The Labute approximate surface area is 310 Å². The standard InChI is InChI=1S/C37H41ClN8O3S2/c1-20-22(3)50-36-32(20)33(25-14-16-26(38)17-15-25)44-29(34(40)46(36)24(5)39)19-31(48)41-18-10-6-7-13-30(47)43-28-12-9-8-11-27(28)35(49)45-37-42-21(2)23(4)51-37/h8-9,11-12,14-17,29,39-40H,6-7,10,13,18-19H2,1-5H3,(H,41,48)(H,43,47)(H,42,45,49)/t29-/m0/s1. The van der Waals surface area contributed by atoms with E-state index < -0.39 is 6.04 Å². The van der Waals surface area contributed by atoms with Gasteiger partial charge in [0.2, 0.25) is 11.8 Å². The summed E-state index contributed by atoms with van der Waals surface area (Å²) in [6.45, 7) is 9.90. The first-order valence-electron chi connectivity index (χ1n) is 16.6. The normalized spacial score (nSPS) is 14.0. The lowest BCUT2D eigenvalue weighted by Crippen LogP contribution is -2.42.